The number of hydrogen-bond acceptors (Lipinski definition) is 6. The standard InChI is InChI=1S/C23H29N3O5S/c1-4-13-24-23(28)17(2)25(14-18-7-11-21(31-3)12-8-18)22(27)16-32-15-19-5-9-20(10-6-19)26(29)30/h5-12,17H,4,13-16H2,1-3H3,(H,24,28)/t17-/m0/s1. The summed E-state index contributed by atoms with van der Waals surface area (Å²) in [6.07, 6.45) is 0.815. The minimum Gasteiger partial charge on any atom is -0.497 e. The van der Waals surface area contributed by atoms with Crippen molar-refractivity contribution in [2.45, 2.75) is 38.6 Å². The molecule has 0 bridgehead atoms. The summed E-state index contributed by atoms with van der Waals surface area (Å²) >= 11 is 1.41. The van der Waals surface area contributed by atoms with E-state index >= 15 is 0 Å². The first kappa shape index (κ1) is 25.2. The number of ether oxygens (including phenoxy) is 1. The lowest BCUT2D eigenvalue weighted by molar-refractivity contribution is -0.384. The van der Waals surface area contributed by atoms with Crippen LogP contribution in [-0.4, -0.2) is 47.1 Å². The number of methoxy groups -OCH3 is 1. The Kier molecular flexibility index (Phi) is 10.0. The molecular formula is C23H29N3O5S. The van der Waals surface area contributed by atoms with Gasteiger partial charge < -0.3 is 15.0 Å². The molecule has 1 atom stereocenters. The molecule has 0 spiro atoms. The van der Waals surface area contributed by atoms with Gasteiger partial charge in [0.2, 0.25) is 11.8 Å². The van der Waals surface area contributed by atoms with Crippen molar-refractivity contribution in [3.63, 3.8) is 0 Å². The number of hydrogen-bond donors (Lipinski definition) is 1. The third-order valence-corrected chi connectivity index (χ3v) is 5.86. The van der Waals surface area contributed by atoms with E-state index in [0.717, 1.165) is 23.3 Å². The van der Waals surface area contributed by atoms with Crippen LogP contribution < -0.4 is 10.1 Å². The molecule has 0 radical (unpaired) electrons. The maximum atomic E-state index is 13.0. The van der Waals surface area contributed by atoms with Gasteiger partial charge in [0, 0.05) is 31.0 Å². The van der Waals surface area contributed by atoms with Gasteiger partial charge in [0.25, 0.3) is 5.69 Å². The second-order valence-electron chi connectivity index (χ2n) is 7.25. The highest BCUT2D eigenvalue weighted by Gasteiger charge is 2.25. The van der Waals surface area contributed by atoms with Crippen molar-refractivity contribution in [3.05, 3.63) is 69.8 Å². The van der Waals surface area contributed by atoms with Crippen molar-refractivity contribution in [1.29, 1.82) is 0 Å². The van der Waals surface area contributed by atoms with Crippen LogP contribution >= 0.6 is 11.8 Å². The van der Waals surface area contributed by atoms with Crippen LogP contribution in [0, 0.1) is 10.1 Å². The molecule has 2 aromatic carbocycles. The third kappa shape index (κ3) is 7.56. The normalized spacial score (nSPS) is 11.5. The summed E-state index contributed by atoms with van der Waals surface area (Å²) in [5, 5.41) is 13.6. The minimum atomic E-state index is -0.615. The molecule has 0 aliphatic carbocycles. The van der Waals surface area contributed by atoms with Gasteiger partial charge in [-0.05, 0) is 36.6 Å². The summed E-state index contributed by atoms with van der Waals surface area (Å²) in [6, 6.07) is 13.1. The van der Waals surface area contributed by atoms with Crippen LogP contribution in [0.3, 0.4) is 0 Å². The van der Waals surface area contributed by atoms with E-state index in [-0.39, 0.29) is 23.3 Å². The fraction of sp³-hybridized carbons (Fsp3) is 0.391. The topological polar surface area (TPSA) is 102 Å². The molecule has 9 heteroatoms. The lowest BCUT2D eigenvalue weighted by atomic mass is 10.1. The first-order chi connectivity index (χ1) is 15.3. The summed E-state index contributed by atoms with van der Waals surface area (Å²) in [7, 11) is 1.59. The molecule has 172 valence electrons. The summed E-state index contributed by atoms with van der Waals surface area (Å²) in [5.74, 6) is 1.12. The summed E-state index contributed by atoms with van der Waals surface area (Å²) < 4.78 is 5.18. The largest absolute Gasteiger partial charge is 0.497 e. The van der Waals surface area contributed by atoms with Gasteiger partial charge in [0.05, 0.1) is 17.8 Å². The Morgan fingerprint density at radius 2 is 1.75 bits per heavy atom. The van der Waals surface area contributed by atoms with Gasteiger partial charge in [-0.3, -0.25) is 19.7 Å². The Labute approximate surface area is 192 Å². The highest BCUT2D eigenvalue weighted by atomic mass is 32.2. The molecule has 2 amide bonds. The molecule has 1 N–H and O–H groups in total. The highest BCUT2D eigenvalue weighted by Crippen LogP contribution is 2.19. The van der Waals surface area contributed by atoms with Crippen molar-refractivity contribution >= 4 is 29.3 Å². The molecule has 0 saturated heterocycles. The molecule has 2 rings (SSSR count). The van der Waals surface area contributed by atoms with E-state index in [2.05, 4.69) is 5.32 Å². The molecule has 2 aromatic rings. The first-order valence-electron chi connectivity index (χ1n) is 10.4. The van der Waals surface area contributed by atoms with Gasteiger partial charge in [0.15, 0.2) is 0 Å². The molecule has 0 fully saturated rings. The van der Waals surface area contributed by atoms with Crippen molar-refractivity contribution in [2.75, 3.05) is 19.4 Å². The van der Waals surface area contributed by atoms with Gasteiger partial charge in [-0.1, -0.05) is 31.2 Å². The monoisotopic (exact) mass is 459 g/mol. The van der Waals surface area contributed by atoms with E-state index < -0.39 is 11.0 Å². The maximum absolute atomic E-state index is 13.0. The number of amides is 2. The van der Waals surface area contributed by atoms with Crippen LogP contribution in [-0.2, 0) is 21.9 Å². The summed E-state index contributed by atoms with van der Waals surface area (Å²) in [4.78, 5) is 37.5. The quantitative estimate of drug-likeness (QED) is 0.383. The Morgan fingerprint density at radius 1 is 1.12 bits per heavy atom. The molecule has 0 unspecified atom stereocenters. The number of benzene rings is 2. The van der Waals surface area contributed by atoms with Crippen molar-refractivity contribution < 1.29 is 19.2 Å². The number of nitrogens with zero attached hydrogens (tertiary/aromatic N) is 2. The maximum Gasteiger partial charge on any atom is 0.269 e. The van der Waals surface area contributed by atoms with Gasteiger partial charge in [-0.15, -0.1) is 11.8 Å². The second-order valence-corrected chi connectivity index (χ2v) is 8.24. The molecule has 0 saturated carbocycles. The SMILES string of the molecule is CCCNC(=O)[C@H](C)N(Cc1ccc(OC)cc1)C(=O)CSCc1ccc([N+](=O)[O-])cc1. The third-order valence-electron chi connectivity index (χ3n) is 4.87. The van der Waals surface area contributed by atoms with E-state index in [1.165, 1.54) is 23.9 Å². The molecule has 0 aliphatic rings. The molecule has 0 heterocycles. The van der Waals surface area contributed by atoms with Gasteiger partial charge in [0.1, 0.15) is 11.8 Å². The van der Waals surface area contributed by atoms with Gasteiger partial charge >= 0.3 is 0 Å². The van der Waals surface area contributed by atoms with E-state index in [1.807, 2.05) is 31.2 Å². The number of nitro benzene ring substituents is 1. The molecule has 32 heavy (non-hydrogen) atoms. The smallest absolute Gasteiger partial charge is 0.269 e. The Bertz CT molecular complexity index is 903. The lowest BCUT2D eigenvalue weighted by Gasteiger charge is -2.28. The van der Waals surface area contributed by atoms with Gasteiger partial charge in [-0.25, -0.2) is 0 Å². The molecule has 8 nitrogen and oxygen atoms in total. The highest BCUT2D eigenvalue weighted by molar-refractivity contribution is 7.99. The van der Waals surface area contributed by atoms with Crippen LogP contribution in [0.5, 0.6) is 5.75 Å². The first-order valence-corrected chi connectivity index (χ1v) is 11.5. The number of nitrogens with one attached hydrogen (secondary N) is 1. The number of carbonyl (C=O) groups is 2. The van der Waals surface area contributed by atoms with E-state index in [9.17, 15) is 19.7 Å². The minimum absolute atomic E-state index is 0.0346. The van der Waals surface area contributed by atoms with Crippen LogP contribution in [0.2, 0.25) is 0 Å². The second kappa shape index (κ2) is 12.7. The predicted molar refractivity (Wildman–Crippen MR) is 126 cm³/mol. The number of thioether (sulfide) groups is 1. The zero-order valence-corrected chi connectivity index (χ0v) is 19.4. The molecule has 0 aliphatic heterocycles. The van der Waals surface area contributed by atoms with Crippen molar-refractivity contribution in [2.24, 2.45) is 0 Å². The van der Waals surface area contributed by atoms with E-state index in [4.69, 9.17) is 4.74 Å². The number of non-ortho nitro benzene ring substituents is 1. The number of nitro groups is 1. The van der Waals surface area contributed by atoms with E-state index in [0.29, 0.717) is 18.8 Å². The zero-order chi connectivity index (χ0) is 23.5. The fourth-order valence-electron chi connectivity index (χ4n) is 2.96. The van der Waals surface area contributed by atoms with Crippen LogP contribution in [0.15, 0.2) is 48.5 Å². The zero-order valence-electron chi connectivity index (χ0n) is 18.6. The average molecular weight is 460 g/mol. The molecule has 0 aromatic heterocycles. The van der Waals surface area contributed by atoms with Crippen molar-refractivity contribution in [1.82, 2.24) is 10.2 Å². The Morgan fingerprint density at radius 3 is 2.31 bits per heavy atom. The fourth-order valence-corrected chi connectivity index (χ4v) is 3.83. The van der Waals surface area contributed by atoms with Crippen LogP contribution in [0.1, 0.15) is 31.4 Å². The molecular weight excluding hydrogens is 430 g/mol. The van der Waals surface area contributed by atoms with E-state index in [1.54, 1.807) is 31.1 Å². The van der Waals surface area contributed by atoms with Gasteiger partial charge in [-0.2, -0.15) is 0 Å². The van der Waals surface area contributed by atoms with Crippen molar-refractivity contribution in [3.8, 4) is 5.75 Å². The van der Waals surface area contributed by atoms with Crippen LogP contribution in [0.25, 0.3) is 0 Å². The Hall–Kier alpha value is -3.07. The summed E-state index contributed by atoms with van der Waals surface area (Å²) in [5.41, 5.74) is 1.82. The Balaban J connectivity index is 2.04. The predicted octanol–water partition coefficient (Wildman–Crippen LogP) is 3.78. The summed E-state index contributed by atoms with van der Waals surface area (Å²) in [6.45, 7) is 4.57. The number of carbonyl (C=O) groups excluding carboxylic acids is 2. The van der Waals surface area contributed by atoms with Crippen LogP contribution in [0.4, 0.5) is 5.69 Å². The number of rotatable bonds is 12. The average Bonchev–Trinajstić information content (AvgIpc) is 2.81. The lowest BCUT2D eigenvalue weighted by Crippen LogP contribution is -2.48.